The Morgan fingerprint density at radius 2 is 2.25 bits per heavy atom. The molecule has 0 spiro atoms. The number of carboxylic acid groups (broad SMARTS) is 1. The summed E-state index contributed by atoms with van der Waals surface area (Å²) in [5, 5.41) is 8.59. The molecule has 0 aromatic carbocycles. The van der Waals surface area contributed by atoms with Crippen molar-refractivity contribution < 1.29 is 18.7 Å². The summed E-state index contributed by atoms with van der Waals surface area (Å²) in [6.45, 7) is 0. The lowest BCUT2D eigenvalue weighted by Crippen LogP contribution is -2.06. The first-order valence-corrected chi connectivity index (χ1v) is 5.52. The lowest BCUT2D eigenvalue weighted by atomic mass is 10.1. The maximum atomic E-state index is 12.7. The number of hydrogen-bond acceptors (Lipinski definition) is 2. The Morgan fingerprint density at radius 3 is 2.69 bits per heavy atom. The lowest BCUT2D eigenvalue weighted by Gasteiger charge is -2.11. The van der Waals surface area contributed by atoms with Crippen LogP contribution in [0.25, 0.3) is 0 Å². The quantitative estimate of drug-likeness (QED) is 0.869. The number of alkyl halides is 3. The van der Waals surface area contributed by atoms with Gasteiger partial charge in [-0.3, -0.25) is 9.78 Å². The normalized spacial score (nSPS) is 10.8. The lowest BCUT2D eigenvalue weighted by molar-refractivity contribution is -0.136. The topological polar surface area (TPSA) is 50.2 Å². The zero-order chi connectivity index (χ0) is 12.3. The number of hydrogen-bond donors (Lipinski definition) is 1. The molecular weight excluding hydrogens is 307 g/mol. The predicted octanol–water partition coefficient (Wildman–Crippen LogP) is 3.15. The monoisotopic (exact) mass is 313 g/mol. The Bertz CT molecular complexity index is 415. The van der Waals surface area contributed by atoms with Crippen LogP contribution in [0.4, 0.5) is 8.78 Å². The third kappa shape index (κ3) is 2.89. The van der Waals surface area contributed by atoms with Gasteiger partial charge < -0.3 is 5.11 Å². The van der Waals surface area contributed by atoms with Gasteiger partial charge in [0.2, 0.25) is 0 Å². The number of pyridine rings is 1. The fourth-order valence-corrected chi connectivity index (χ4v) is 2.05. The highest BCUT2D eigenvalue weighted by Crippen LogP contribution is 2.33. The Hall–Kier alpha value is -0.750. The van der Waals surface area contributed by atoms with E-state index < -0.39 is 12.4 Å². The molecule has 16 heavy (non-hydrogen) atoms. The van der Waals surface area contributed by atoms with E-state index in [1.807, 2.05) is 0 Å². The molecule has 3 nitrogen and oxygen atoms in total. The number of halogens is 4. The minimum absolute atomic E-state index is 0.0534. The minimum Gasteiger partial charge on any atom is -0.481 e. The average Bonchev–Trinajstić information content (AvgIpc) is 2.19. The number of aromatic nitrogens is 1. The van der Waals surface area contributed by atoms with Crippen molar-refractivity contribution in [3.63, 3.8) is 0 Å². The molecule has 0 radical (unpaired) electrons. The van der Waals surface area contributed by atoms with Crippen LogP contribution in [0, 0.1) is 0 Å². The molecule has 0 aliphatic heterocycles. The number of carboxylic acids is 1. The Kier molecular flexibility index (Phi) is 4.61. The van der Waals surface area contributed by atoms with E-state index in [1.54, 1.807) is 0 Å². The summed E-state index contributed by atoms with van der Waals surface area (Å²) in [7, 11) is 0. The highest BCUT2D eigenvalue weighted by molar-refractivity contribution is 9.10. The van der Waals surface area contributed by atoms with Gasteiger partial charge in [-0.05, 0) is 21.5 Å². The molecule has 88 valence electrons. The van der Waals surface area contributed by atoms with Crippen LogP contribution in [-0.4, -0.2) is 16.1 Å². The van der Waals surface area contributed by atoms with Gasteiger partial charge in [0, 0.05) is 10.7 Å². The molecule has 0 bridgehead atoms. The van der Waals surface area contributed by atoms with Gasteiger partial charge in [-0.25, -0.2) is 8.78 Å². The van der Waals surface area contributed by atoms with Crippen molar-refractivity contribution in [3.8, 4) is 0 Å². The molecule has 1 heterocycles. The summed E-state index contributed by atoms with van der Waals surface area (Å²) in [4.78, 5) is 14.2. The highest BCUT2D eigenvalue weighted by Gasteiger charge is 2.21. The summed E-state index contributed by atoms with van der Waals surface area (Å²) in [5.74, 6) is -1.26. The SMILES string of the molecule is O=C(O)Cc1cnc(CCl)c(C(F)F)c1Br. The number of carbonyl (C=O) groups is 1. The Morgan fingerprint density at radius 1 is 1.62 bits per heavy atom. The van der Waals surface area contributed by atoms with E-state index in [9.17, 15) is 13.6 Å². The fraction of sp³-hybridized carbons (Fsp3) is 0.333. The van der Waals surface area contributed by atoms with E-state index >= 15 is 0 Å². The van der Waals surface area contributed by atoms with Crippen LogP contribution < -0.4 is 0 Å². The average molecular weight is 315 g/mol. The van der Waals surface area contributed by atoms with Crippen molar-refractivity contribution in [1.82, 2.24) is 4.98 Å². The number of rotatable bonds is 4. The van der Waals surface area contributed by atoms with E-state index in [2.05, 4.69) is 20.9 Å². The molecule has 0 fully saturated rings. The van der Waals surface area contributed by atoms with Crippen molar-refractivity contribution >= 4 is 33.5 Å². The molecule has 0 aliphatic rings. The van der Waals surface area contributed by atoms with E-state index in [1.165, 1.54) is 6.20 Å². The van der Waals surface area contributed by atoms with Crippen LogP contribution in [0.15, 0.2) is 10.7 Å². The Labute approximate surface area is 104 Å². The number of aliphatic carboxylic acids is 1. The largest absolute Gasteiger partial charge is 0.481 e. The molecule has 1 rings (SSSR count). The molecule has 0 aliphatic carbocycles. The van der Waals surface area contributed by atoms with E-state index in [0.29, 0.717) is 0 Å². The van der Waals surface area contributed by atoms with Gasteiger partial charge >= 0.3 is 5.97 Å². The summed E-state index contributed by atoms with van der Waals surface area (Å²) in [6.07, 6.45) is -1.87. The second kappa shape index (κ2) is 5.54. The van der Waals surface area contributed by atoms with Crippen LogP contribution in [-0.2, 0) is 17.1 Å². The third-order valence-electron chi connectivity index (χ3n) is 1.89. The van der Waals surface area contributed by atoms with Crippen molar-refractivity contribution in [2.45, 2.75) is 18.7 Å². The van der Waals surface area contributed by atoms with Crippen molar-refractivity contribution in [3.05, 3.63) is 27.5 Å². The summed E-state index contributed by atoms with van der Waals surface area (Å²) in [5.41, 5.74) is -0.0805. The van der Waals surface area contributed by atoms with Crippen LogP contribution in [0.3, 0.4) is 0 Å². The van der Waals surface area contributed by atoms with E-state index in [4.69, 9.17) is 16.7 Å². The zero-order valence-electron chi connectivity index (χ0n) is 7.88. The van der Waals surface area contributed by atoms with Crippen LogP contribution in [0.5, 0.6) is 0 Å². The second-order valence-corrected chi connectivity index (χ2v) is 4.02. The fourth-order valence-electron chi connectivity index (χ4n) is 1.20. The molecule has 0 saturated heterocycles. The molecule has 7 heteroatoms. The molecule has 0 unspecified atom stereocenters. The molecule has 0 amide bonds. The Balaban J connectivity index is 3.26. The first-order chi connectivity index (χ1) is 7.47. The standard InChI is InChI=1S/C9H7BrClF2NO2/c10-8-4(1-6(15)16)3-14-5(2-11)7(8)9(12)13/h3,9H,1-2H2,(H,15,16). The van der Waals surface area contributed by atoms with Crippen molar-refractivity contribution in [2.75, 3.05) is 0 Å². The molecule has 0 atom stereocenters. The third-order valence-corrected chi connectivity index (χ3v) is 3.08. The molecule has 0 saturated carbocycles. The van der Waals surface area contributed by atoms with Crippen LogP contribution in [0.2, 0.25) is 0 Å². The van der Waals surface area contributed by atoms with E-state index in [0.717, 1.165) is 0 Å². The molecule has 1 aromatic heterocycles. The minimum atomic E-state index is -2.75. The zero-order valence-corrected chi connectivity index (χ0v) is 10.2. The maximum absolute atomic E-state index is 12.7. The van der Waals surface area contributed by atoms with Gasteiger partial charge in [0.05, 0.1) is 23.6 Å². The van der Waals surface area contributed by atoms with Gasteiger partial charge in [0.1, 0.15) is 0 Å². The highest BCUT2D eigenvalue weighted by atomic mass is 79.9. The molecular formula is C9H7BrClF2NO2. The van der Waals surface area contributed by atoms with Gasteiger partial charge in [-0.15, -0.1) is 11.6 Å². The summed E-state index contributed by atoms with van der Waals surface area (Å²) in [6, 6.07) is 0. The van der Waals surface area contributed by atoms with Crippen molar-refractivity contribution in [2.24, 2.45) is 0 Å². The van der Waals surface area contributed by atoms with Gasteiger partial charge in [-0.2, -0.15) is 0 Å². The van der Waals surface area contributed by atoms with E-state index in [-0.39, 0.29) is 33.6 Å². The summed E-state index contributed by atoms with van der Waals surface area (Å²) < 4.78 is 25.5. The second-order valence-electron chi connectivity index (χ2n) is 2.96. The molecule has 1 aromatic rings. The first kappa shape index (κ1) is 13.3. The predicted molar refractivity (Wildman–Crippen MR) is 57.8 cm³/mol. The van der Waals surface area contributed by atoms with Gasteiger partial charge in [0.25, 0.3) is 6.43 Å². The van der Waals surface area contributed by atoms with Gasteiger partial charge in [0.15, 0.2) is 0 Å². The maximum Gasteiger partial charge on any atom is 0.307 e. The number of nitrogens with zero attached hydrogens (tertiary/aromatic N) is 1. The van der Waals surface area contributed by atoms with Crippen molar-refractivity contribution in [1.29, 1.82) is 0 Å². The van der Waals surface area contributed by atoms with Gasteiger partial charge in [-0.1, -0.05) is 0 Å². The van der Waals surface area contributed by atoms with Crippen LogP contribution >= 0.6 is 27.5 Å². The molecule has 1 N–H and O–H groups in total. The van der Waals surface area contributed by atoms with Crippen LogP contribution in [0.1, 0.15) is 23.2 Å². The first-order valence-electron chi connectivity index (χ1n) is 4.19. The summed E-state index contributed by atoms with van der Waals surface area (Å²) >= 11 is 8.43. The smallest absolute Gasteiger partial charge is 0.307 e.